The second kappa shape index (κ2) is 8.28. The maximum absolute atomic E-state index is 13.1. The first-order valence-corrected chi connectivity index (χ1v) is 8.37. The Bertz CT molecular complexity index is 882. The Morgan fingerprint density at radius 2 is 1.46 bits per heavy atom. The summed E-state index contributed by atoms with van der Waals surface area (Å²) in [5.41, 5.74) is 2.37. The Labute approximate surface area is 153 Å². The molecule has 1 unspecified atom stereocenters. The SMILES string of the molecule is COc1ccc(C(=O)/C(=C\c2ccccc2)C(O)c2ccccc2)cc1. The normalized spacial score (nSPS) is 12.5. The summed E-state index contributed by atoms with van der Waals surface area (Å²) in [6, 6.07) is 25.6. The van der Waals surface area contributed by atoms with E-state index in [2.05, 4.69) is 0 Å². The van der Waals surface area contributed by atoms with E-state index in [0.717, 1.165) is 5.56 Å². The molecule has 0 fully saturated rings. The molecule has 3 aromatic rings. The van der Waals surface area contributed by atoms with Crippen LogP contribution in [0, 0.1) is 0 Å². The highest BCUT2D eigenvalue weighted by atomic mass is 16.5. The zero-order chi connectivity index (χ0) is 18.4. The molecule has 0 aliphatic carbocycles. The lowest BCUT2D eigenvalue weighted by molar-refractivity contribution is 0.0989. The van der Waals surface area contributed by atoms with E-state index in [9.17, 15) is 9.90 Å². The third-order valence-corrected chi connectivity index (χ3v) is 4.15. The van der Waals surface area contributed by atoms with Crippen LogP contribution in [0.5, 0.6) is 5.75 Å². The van der Waals surface area contributed by atoms with Gasteiger partial charge in [-0.2, -0.15) is 0 Å². The van der Waals surface area contributed by atoms with Crippen molar-refractivity contribution in [3.8, 4) is 5.75 Å². The molecule has 3 heteroatoms. The standard InChI is InChI=1S/C23H20O3/c1-26-20-14-12-19(13-15-20)23(25)21(16-17-8-4-2-5-9-17)22(24)18-10-6-3-7-11-18/h2-16,22,24H,1H3/b21-16-. The van der Waals surface area contributed by atoms with Gasteiger partial charge in [-0.15, -0.1) is 0 Å². The van der Waals surface area contributed by atoms with Gasteiger partial charge in [-0.05, 0) is 41.5 Å². The lowest BCUT2D eigenvalue weighted by atomic mass is 9.92. The fourth-order valence-electron chi connectivity index (χ4n) is 2.72. The average Bonchev–Trinajstić information content (AvgIpc) is 2.72. The highest BCUT2D eigenvalue weighted by molar-refractivity contribution is 6.12. The quantitative estimate of drug-likeness (QED) is 0.521. The third kappa shape index (κ3) is 4.08. The number of carbonyl (C=O) groups is 1. The predicted octanol–water partition coefficient (Wildman–Crippen LogP) is 4.70. The summed E-state index contributed by atoms with van der Waals surface area (Å²) < 4.78 is 5.15. The number of methoxy groups -OCH3 is 1. The molecule has 0 aromatic heterocycles. The molecule has 0 aliphatic heterocycles. The number of benzene rings is 3. The lowest BCUT2D eigenvalue weighted by Gasteiger charge is -2.15. The van der Waals surface area contributed by atoms with Crippen LogP contribution in [0.3, 0.4) is 0 Å². The van der Waals surface area contributed by atoms with Crippen molar-refractivity contribution in [2.75, 3.05) is 7.11 Å². The van der Waals surface area contributed by atoms with Gasteiger partial charge in [0.05, 0.1) is 7.11 Å². The van der Waals surface area contributed by atoms with Gasteiger partial charge in [0.15, 0.2) is 5.78 Å². The van der Waals surface area contributed by atoms with Crippen molar-refractivity contribution >= 4 is 11.9 Å². The highest BCUT2D eigenvalue weighted by Crippen LogP contribution is 2.27. The summed E-state index contributed by atoms with van der Waals surface area (Å²) in [6.45, 7) is 0. The van der Waals surface area contributed by atoms with Crippen LogP contribution in [-0.2, 0) is 0 Å². The average molecular weight is 344 g/mol. The Hall–Kier alpha value is -3.17. The predicted molar refractivity (Wildman–Crippen MR) is 103 cm³/mol. The van der Waals surface area contributed by atoms with Crippen LogP contribution < -0.4 is 4.74 Å². The Balaban J connectivity index is 2.02. The van der Waals surface area contributed by atoms with Crippen LogP contribution in [0.4, 0.5) is 0 Å². The molecule has 1 atom stereocenters. The van der Waals surface area contributed by atoms with Gasteiger partial charge < -0.3 is 9.84 Å². The Kier molecular flexibility index (Phi) is 5.62. The largest absolute Gasteiger partial charge is 0.497 e. The number of rotatable bonds is 6. The first-order chi connectivity index (χ1) is 12.7. The second-order valence-electron chi connectivity index (χ2n) is 5.88. The maximum Gasteiger partial charge on any atom is 0.191 e. The molecule has 26 heavy (non-hydrogen) atoms. The first-order valence-electron chi connectivity index (χ1n) is 8.37. The molecular formula is C23H20O3. The van der Waals surface area contributed by atoms with Gasteiger partial charge in [0.1, 0.15) is 11.9 Å². The fourth-order valence-corrected chi connectivity index (χ4v) is 2.72. The number of hydrogen-bond acceptors (Lipinski definition) is 3. The number of ether oxygens (including phenoxy) is 1. The van der Waals surface area contributed by atoms with Crippen LogP contribution in [-0.4, -0.2) is 18.0 Å². The van der Waals surface area contributed by atoms with E-state index in [-0.39, 0.29) is 5.78 Å². The van der Waals surface area contributed by atoms with Crippen molar-refractivity contribution in [3.63, 3.8) is 0 Å². The van der Waals surface area contributed by atoms with Gasteiger partial charge in [0, 0.05) is 11.1 Å². The first kappa shape index (κ1) is 17.6. The Morgan fingerprint density at radius 3 is 2.04 bits per heavy atom. The third-order valence-electron chi connectivity index (χ3n) is 4.15. The fraction of sp³-hybridized carbons (Fsp3) is 0.0870. The number of carbonyl (C=O) groups excluding carboxylic acids is 1. The van der Waals surface area contributed by atoms with Crippen molar-refractivity contribution in [2.45, 2.75) is 6.10 Å². The second-order valence-corrected chi connectivity index (χ2v) is 5.88. The molecule has 3 aromatic carbocycles. The number of aliphatic hydroxyl groups is 1. The van der Waals surface area contributed by atoms with Gasteiger partial charge in [0.2, 0.25) is 0 Å². The van der Waals surface area contributed by atoms with Gasteiger partial charge in [-0.25, -0.2) is 0 Å². The van der Waals surface area contributed by atoms with Gasteiger partial charge in [-0.1, -0.05) is 60.7 Å². The number of aliphatic hydroxyl groups excluding tert-OH is 1. The minimum Gasteiger partial charge on any atom is -0.497 e. The van der Waals surface area contributed by atoms with Crippen molar-refractivity contribution in [2.24, 2.45) is 0 Å². The van der Waals surface area contributed by atoms with Crippen molar-refractivity contribution in [3.05, 3.63) is 107 Å². The van der Waals surface area contributed by atoms with Gasteiger partial charge >= 0.3 is 0 Å². The molecule has 0 saturated carbocycles. The van der Waals surface area contributed by atoms with E-state index in [1.807, 2.05) is 60.7 Å². The maximum atomic E-state index is 13.1. The smallest absolute Gasteiger partial charge is 0.191 e. The molecule has 130 valence electrons. The minimum absolute atomic E-state index is 0.215. The highest BCUT2D eigenvalue weighted by Gasteiger charge is 2.22. The van der Waals surface area contributed by atoms with Crippen LogP contribution in [0.1, 0.15) is 27.6 Å². The topological polar surface area (TPSA) is 46.5 Å². The van der Waals surface area contributed by atoms with Crippen LogP contribution in [0.2, 0.25) is 0 Å². The van der Waals surface area contributed by atoms with Crippen LogP contribution in [0.15, 0.2) is 90.5 Å². The molecule has 0 heterocycles. The zero-order valence-electron chi connectivity index (χ0n) is 14.5. The molecule has 0 radical (unpaired) electrons. The minimum atomic E-state index is -1.01. The van der Waals surface area contributed by atoms with E-state index in [1.165, 1.54) is 0 Å². The molecule has 0 bridgehead atoms. The summed E-state index contributed by atoms with van der Waals surface area (Å²) in [4.78, 5) is 13.1. The summed E-state index contributed by atoms with van der Waals surface area (Å²) in [6.07, 6.45) is 0.732. The molecular weight excluding hydrogens is 324 g/mol. The van der Waals surface area contributed by atoms with E-state index >= 15 is 0 Å². The van der Waals surface area contributed by atoms with Crippen molar-refractivity contribution in [1.29, 1.82) is 0 Å². The zero-order valence-corrected chi connectivity index (χ0v) is 14.5. The monoisotopic (exact) mass is 344 g/mol. The molecule has 3 nitrogen and oxygen atoms in total. The summed E-state index contributed by atoms with van der Waals surface area (Å²) >= 11 is 0. The number of Topliss-reactive ketones (excluding diaryl/α,β-unsaturated/α-hetero) is 1. The summed E-state index contributed by atoms with van der Waals surface area (Å²) in [5.74, 6) is 0.464. The molecule has 0 spiro atoms. The van der Waals surface area contributed by atoms with E-state index in [4.69, 9.17) is 4.74 Å². The van der Waals surface area contributed by atoms with Gasteiger partial charge in [0.25, 0.3) is 0 Å². The molecule has 3 rings (SSSR count). The summed E-state index contributed by atoms with van der Waals surface area (Å²) in [7, 11) is 1.58. The number of ketones is 1. The molecule has 0 amide bonds. The molecule has 1 N–H and O–H groups in total. The lowest BCUT2D eigenvalue weighted by Crippen LogP contribution is -2.12. The van der Waals surface area contributed by atoms with Crippen molar-refractivity contribution in [1.82, 2.24) is 0 Å². The molecule has 0 aliphatic rings. The van der Waals surface area contributed by atoms with E-state index in [0.29, 0.717) is 22.4 Å². The van der Waals surface area contributed by atoms with E-state index < -0.39 is 6.10 Å². The van der Waals surface area contributed by atoms with Crippen LogP contribution in [0.25, 0.3) is 6.08 Å². The van der Waals surface area contributed by atoms with Crippen molar-refractivity contribution < 1.29 is 14.6 Å². The summed E-state index contributed by atoms with van der Waals surface area (Å²) in [5, 5.41) is 10.9. The molecule has 0 saturated heterocycles. The Morgan fingerprint density at radius 1 is 0.885 bits per heavy atom. The van der Waals surface area contributed by atoms with E-state index in [1.54, 1.807) is 37.5 Å². The van der Waals surface area contributed by atoms with Crippen LogP contribution >= 0.6 is 0 Å². The number of hydrogen-bond donors (Lipinski definition) is 1. The van der Waals surface area contributed by atoms with Gasteiger partial charge in [-0.3, -0.25) is 4.79 Å².